The third kappa shape index (κ3) is 5.49. The summed E-state index contributed by atoms with van der Waals surface area (Å²) in [6.45, 7) is 0.652. The zero-order valence-corrected chi connectivity index (χ0v) is 25.1. The van der Waals surface area contributed by atoms with Crippen LogP contribution in [0.15, 0.2) is 41.3 Å². The van der Waals surface area contributed by atoms with Crippen LogP contribution in [0.3, 0.4) is 0 Å². The van der Waals surface area contributed by atoms with Gasteiger partial charge in [-0.1, -0.05) is 12.1 Å². The lowest BCUT2D eigenvalue weighted by Gasteiger charge is -2.46. The molecule has 1 N–H and O–H groups in total. The number of fused-ring (bicyclic) bond motifs is 1. The number of halogens is 2. The van der Waals surface area contributed by atoms with Crippen LogP contribution < -0.4 is 15.3 Å². The Morgan fingerprint density at radius 3 is 2.40 bits per heavy atom. The largest absolute Gasteiger partial charge is 0.497 e. The Kier molecular flexibility index (Phi) is 7.97. The number of hydrogen-bond acceptors (Lipinski definition) is 8. The lowest BCUT2D eigenvalue weighted by atomic mass is 9.98. The summed E-state index contributed by atoms with van der Waals surface area (Å²) in [6, 6.07) is 6.79. The van der Waals surface area contributed by atoms with Gasteiger partial charge in [0.15, 0.2) is 5.82 Å². The van der Waals surface area contributed by atoms with Gasteiger partial charge < -0.3 is 19.6 Å². The Labute approximate surface area is 257 Å². The molecule has 0 saturated carbocycles. The standard InChI is InChI=1S/C30H35F2N7O6/c1-34-25-21(39(28(34)42)22-7-8-24(40)38(27(22)41)17-19-3-5-20(45-2)6-4-19)9-11-33-26(25)36-15-13-35(14-16-36)23-10-12-37(29(43)44)18-30(23,31)32/h3-6,9,11,22-23H,7-8,10,12-18H2,1-2H3,(H,43,44)/t22?,23-/m1/s1. The van der Waals surface area contributed by atoms with E-state index in [1.54, 1.807) is 55.6 Å². The summed E-state index contributed by atoms with van der Waals surface area (Å²) in [4.78, 5) is 61.6. The summed E-state index contributed by atoms with van der Waals surface area (Å²) in [6.07, 6.45) is 0.536. The Bertz CT molecular complexity index is 1680. The van der Waals surface area contributed by atoms with Gasteiger partial charge in [0.25, 0.3) is 11.8 Å². The normalized spacial score (nSPS) is 22.7. The number of imidazole rings is 1. The van der Waals surface area contributed by atoms with Crippen molar-refractivity contribution in [3.8, 4) is 5.75 Å². The number of methoxy groups -OCH3 is 1. The zero-order valence-electron chi connectivity index (χ0n) is 25.1. The number of anilines is 1. The first-order valence-corrected chi connectivity index (χ1v) is 14.9. The van der Waals surface area contributed by atoms with Crippen LogP contribution in [0, 0.1) is 0 Å². The molecule has 13 nitrogen and oxygen atoms in total. The number of carbonyl (C=O) groups is 3. The van der Waals surface area contributed by atoms with Gasteiger partial charge in [-0.15, -0.1) is 0 Å². The highest BCUT2D eigenvalue weighted by Gasteiger charge is 2.49. The number of likely N-dealkylation sites (tertiary alicyclic amines) is 2. The highest BCUT2D eigenvalue weighted by atomic mass is 19.3. The van der Waals surface area contributed by atoms with Gasteiger partial charge in [-0.3, -0.25) is 28.5 Å². The number of piperazine rings is 1. The van der Waals surface area contributed by atoms with E-state index in [0.717, 1.165) is 10.5 Å². The van der Waals surface area contributed by atoms with Crippen LogP contribution >= 0.6 is 0 Å². The lowest BCUT2D eigenvalue weighted by molar-refractivity contribution is -0.151. The Morgan fingerprint density at radius 2 is 1.76 bits per heavy atom. The smallest absolute Gasteiger partial charge is 0.407 e. The molecule has 3 aliphatic rings. The van der Waals surface area contributed by atoms with Gasteiger partial charge in [0.05, 0.1) is 31.8 Å². The average molecular weight is 628 g/mol. The van der Waals surface area contributed by atoms with Crippen molar-refractivity contribution in [2.24, 2.45) is 7.05 Å². The molecule has 0 radical (unpaired) electrons. The van der Waals surface area contributed by atoms with Crippen molar-refractivity contribution in [1.29, 1.82) is 0 Å². The Morgan fingerprint density at radius 1 is 1.04 bits per heavy atom. The van der Waals surface area contributed by atoms with E-state index in [-0.39, 0.29) is 38.3 Å². The van der Waals surface area contributed by atoms with Gasteiger partial charge in [0.2, 0.25) is 5.91 Å². The Hall–Kier alpha value is -4.53. The maximum absolute atomic E-state index is 14.9. The first-order chi connectivity index (χ1) is 21.5. The van der Waals surface area contributed by atoms with Gasteiger partial charge in [-0.2, -0.15) is 0 Å². The number of amides is 3. The molecule has 3 aromatic rings. The second-order valence-corrected chi connectivity index (χ2v) is 11.7. The molecule has 240 valence electrons. The van der Waals surface area contributed by atoms with Crippen LogP contribution in [0.25, 0.3) is 11.0 Å². The molecule has 0 aliphatic carbocycles. The SMILES string of the molecule is COc1ccc(CN2C(=O)CCC(n3c(=O)n(C)c4c(N5CCN([C@@H]6CCN(C(=O)O)CC6(F)F)CC5)nccc43)C2=O)cc1. The van der Waals surface area contributed by atoms with Crippen LogP contribution in [-0.2, 0) is 23.2 Å². The molecule has 15 heteroatoms. The van der Waals surface area contributed by atoms with E-state index in [2.05, 4.69) is 4.98 Å². The summed E-state index contributed by atoms with van der Waals surface area (Å²) in [5, 5.41) is 9.16. The van der Waals surface area contributed by atoms with Gasteiger partial charge in [-0.25, -0.2) is 23.4 Å². The summed E-state index contributed by atoms with van der Waals surface area (Å²) in [7, 11) is 3.16. The minimum atomic E-state index is -3.17. The number of aromatic nitrogens is 3. The summed E-state index contributed by atoms with van der Waals surface area (Å²) in [5.74, 6) is -2.78. The van der Waals surface area contributed by atoms with Crippen molar-refractivity contribution in [2.45, 2.75) is 43.8 Å². The molecule has 3 amide bonds. The fourth-order valence-corrected chi connectivity index (χ4v) is 6.77. The predicted octanol–water partition coefficient (Wildman–Crippen LogP) is 2.14. The number of alkyl halides is 2. The zero-order chi connectivity index (χ0) is 32.0. The number of imide groups is 1. The second kappa shape index (κ2) is 11.8. The Balaban J connectivity index is 1.23. The topological polar surface area (TPSA) is 133 Å². The molecule has 3 fully saturated rings. The molecule has 5 heterocycles. The highest BCUT2D eigenvalue weighted by Crippen LogP contribution is 2.34. The molecule has 0 bridgehead atoms. The van der Waals surface area contributed by atoms with E-state index in [1.165, 1.54) is 14.0 Å². The van der Waals surface area contributed by atoms with Gasteiger partial charge in [0, 0.05) is 52.4 Å². The summed E-state index contributed by atoms with van der Waals surface area (Å²) >= 11 is 0. The van der Waals surface area contributed by atoms with E-state index in [0.29, 0.717) is 48.8 Å². The van der Waals surface area contributed by atoms with Crippen LogP contribution in [-0.4, -0.2) is 110 Å². The number of benzene rings is 1. The molecule has 2 aromatic heterocycles. The third-order valence-electron chi connectivity index (χ3n) is 9.15. The van der Waals surface area contributed by atoms with Gasteiger partial charge in [0.1, 0.15) is 17.3 Å². The number of hydrogen-bond donors (Lipinski definition) is 1. The van der Waals surface area contributed by atoms with Crippen molar-refractivity contribution in [3.05, 3.63) is 52.6 Å². The quantitative estimate of drug-likeness (QED) is 0.408. The number of nitrogens with zero attached hydrogens (tertiary/aromatic N) is 7. The minimum absolute atomic E-state index is 0.0396. The van der Waals surface area contributed by atoms with E-state index < -0.39 is 42.2 Å². The molecule has 45 heavy (non-hydrogen) atoms. The number of aryl methyl sites for hydroxylation is 1. The third-order valence-corrected chi connectivity index (χ3v) is 9.15. The van der Waals surface area contributed by atoms with E-state index in [4.69, 9.17) is 9.84 Å². The molecule has 0 spiro atoms. The monoisotopic (exact) mass is 627 g/mol. The van der Waals surface area contributed by atoms with Crippen molar-refractivity contribution in [1.82, 2.24) is 28.8 Å². The van der Waals surface area contributed by atoms with Crippen molar-refractivity contribution in [2.75, 3.05) is 51.3 Å². The first kappa shape index (κ1) is 30.5. The van der Waals surface area contributed by atoms with Crippen LogP contribution in [0.1, 0.15) is 30.9 Å². The first-order valence-electron chi connectivity index (χ1n) is 14.9. The van der Waals surface area contributed by atoms with Gasteiger partial charge in [-0.05, 0) is 36.6 Å². The van der Waals surface area contributed by atoms with Crippen molar-refractivity contribution in [3.63, 3.8) is 0 Å². The highest BCUT2D eigenvalue weighted by molar-refractivity contribution is 6.00. The fraction of sp³-hybridized carbons (Fsp3) is 0.500. The van der Waals surface area contributed by atoms with Crippen molar-refractivity contribution >= 4 is 34.8 Å². The lowest BCUT2D eigenvalue weighted by Crippen LogP contribution is -2.62. The molecule has 1 aromatic carbocycles. The van der Waals surface area contributed by atoms with E-state index >= 15 is 0 Å². The number of carbonyl (C=O) groups excluding carboxylic acids is 2. The number of ether oxygens (including phenoxy) is 1. The number of rotatable bonds is 6. The van der Waals surface area contributed by atoms with Crippen LogP contribution in [0.2, 0.25) is 0 Å². The van der Waals surface area contributed by atoms with Crippen LogP contribution in [0.5, 0.6) is 5.75 Å². The van der Waals surface area contributed by atoms with Gasteiger partial charge >= 0.3 is 11.8 Å². The molecule has 3 saturated heterocycles. The molecule has 2 atom stereocenters. The molecule has 3 aliphatic heterocycles. The molecular formula is C30H35F2N7O6. The average Bonchev–Trinajstić information content (AvgIpc) is 3.28. The molecule has 6 rings (SSSR count). The van der Waals surface area contributed by atoms with Crippen LogP contribution in [0.4, 0.5) is 19.4 Å². The second-order valence-electron chi connectivity index (χ2n) is 11.7. The number of piperidine rings is 2. The van der Waals surface area contributed by atoms with Crippen molar-refractivity contribution < 1.29 is 33.0 Å². The predicted molar refractivity (Wildman–Crippen MR) is 159 cm³/mol. The summed E-state index contributed by atoms with van der Waals surface area (Å²) < 4.78 is 37.9. The van der Waals surface area contributed by atoms with E-state index in [9.17, 15) is 28.0 Å². The van der Waals surface area contributed by atoms with E-state index in [1.807, 2.05) is 4.90 Å². The summed E-state index contributed by atoms with van der Waals surface area (Å²) in [5.41, 5.74) is 1.35. The number of carboxylic acid groups (broad SMARTS) is 1. The molecular weight excluding hydrogens is 592 g/mol. The molecule has 1 unspecified atom stereocenters. The maximum atomic E-state index is 14.9. The minimum Gasteiger partial charge on any atom is -0.497 e. The maximum Gasteiger partial charge on any atom is 0.407 e. The number of pyridine rings is 1. The fourth-order valence-electron chi connectivity index (χ4n) is 6.77.